The Hall–Kier alpha value is 0.350. The third-order valence-electron chi connectivity index (χ3n) is 1.11. The van der Waals surface area contributed by atoms with Gasteiger partial charge in [0.15, 0.2) is 0 Å². The second kappa shape index (κ2) is 3.39. The Bertz CT molecular complexity index is 51.9. The van der Waals surface area contributed by atoms with Gasteiger partial charge in [-0.25, -0.2) is 10.0 Å². The van der Waals surface area contributed by atoms with Gasteiger partial charge in [-0.15, -0.1) is 0 Å². The van der Waals surface area contributed by atoms with Crippen molar-refractivity contribution in [3.63, 3.8) is 0 Å². The summed E-state index contributed by atoms with van der Waals surface area (Å²) in [6.07, 6.45) is 9.90. The molecule has 0 atom stereocenters. The molecular weight excluding hydrogens is 116 g/mol. The van der Waals surface area contributed by atoms with Crippen molar-refractivity contribution in [3.8, 4) is 0 Å². The van der Waals surface area contributed by atoms with Crippen LogP contribution in [0.1, 0.15) is 19.8 Å². The van der Waals surface area contributed by atoms with Crippen molar-refractivity contribution in [2.24, 2.45) is 0 Å². The normalized spacial score (nSPS) is 14.0. The zero-order chi connectivity index (χ0) is 6.62. The van der Waals surface area contributed by atoms with Crippen LogP contribution < -0.4 is 0 Å². The molecule has 0 aliphatic rings. The lowest BCUT2D eigenvalue weighted by molar-refractivity contribution is 0.893. The van der Waals surface area contributed by atoms with Crippen molar-refractivity contribution >= 4 is 10.0 Å². The van der Waals surface area contributed by atoms with Crippen LogP contribution in [0, 0.1) is 0 Å². The summed E-state index contributed by atoms with van der Waals surface area (Å²) in [7, 11) is -0.186. The highest BCUT2D eigenvalue weighted by atomic mass is 32.3. The summed E-state index contributed by atoms with van der Waals surface area (Å²) in [4.78, 5) is 0. The lowest BCUT2D eigenvalue weighted by Gasteiger charge is -2.24. The number of hydrogen-bond donors (Lipinski definition) is 0. The molecule has 0 amide bonds. The monoisotopic (exact) mass is 134 g/mol. The first kappa shape index (κ1) is 8.35. The van der Waals surface area contributed by atoms with E-state index in [-0.39, 0.29) is 10.0 Å². The van der Waals surface area contributed by atoms with Crippen molar-refractivity contribution in [3.05, 3.63) is 0 Å². The summed E-state index contributed by atoms with van der Waals surface area (Å²) in [5.74, 6) is 1.45. The summed E-state index contributed by atoms with van der Waals surface area (Å²) >= 11 is 0. The molecule has 0 aliphatic carbocycles. The smallest absolute Gasteiger partial charge is 0.0235 e. The number of rotatable bonds is 3. The van der Waals surface area contributed by atoms with Crippen LogP contribution in [0.2, 0.25) is 0 Å². The van der Waals surface area contributed by atoms with Gasteiger partial charge < -0.3 is 0 Å². The van der Waals surface area contributed by atoms with E-state index in [0.717, 1.165) is 0 Å². The van der Waals surface area contributed by atoms with Crippen LogP contribution >= 0.6 is 10.0 Å². The Morgan fingerprint density at radius 2 is 1.62 bits per heavy atom. The SMILES string of the molecule is CCCCS(C)(C)C. The highest BCUT2D eigenvalue weighted by Crippen LogP contribution is 2.35. The van der Waals surface area contributed by atoms with Gasteiger partial charge in [0.1, 0.15) is 0 Å². The van der Waals surface area contributed by atoms with Gasteiger partial charge in [0, 0.05) is 0 Å². The predicted molar refractivity (Wildman–Crippen MR) is 45.1 cm³/mol. The molecule has 0 unspecified atom stereocenters. The van der Waals surface area contributed by atoms with Gasteiger partial charge in [-0.05, 0) is 30.9 Å². The summed E-state index contributed by atoms with van der Waals surface area (Å²) < 4.78 is 0. The third-order valence-corrected chi connectivity index (χ3v) is 2.62. The average molecular weight is 134 g/mol. The van der Waals surface area contributed by atoms with E-state index in [1.807, 2.05) is 0 Å². The molecule has 0 fully saturated rings. The fourth-order valence-corrected chi connectivity index (χ4v) is 1.73. The van der Waals surface area contributed by atoms with Gasteiger partial charge >= 0.3 is 0 Å². The Kier molecular flexibility index (Phi) is 3.54. The van der Waals surface area contributed by atoms with E-state index in [1.54, 1.807) is 0 Å². The Morgan fingerprint density at radius 3 is 1.75 bits per heavy atom. The standard InChI is InChI=1S/C7H18S/c1-5-6-7-8(2,3)4/h5-7H2,1-4H3. The van der Waals surface area contributed by atoms with Crippen LogP contribution in [-0.4, -0.2) is 24.5 Å². The molecule has 0 nitrogen and oxygen atoms in total. The van der Waals surface area contributed by atoms with E-state index >= 15 is 0 Å². The highest BCUT2D eigenvalue weighted by molar-refractivity contribution is 8.32. The molecule has 0 aliphatic heterocycles. The fraction of sp³-hybridized carbons (Fsp3) is 1.00. The molecule has 0 saturated heterocycles. The molecule has 0 spiro atoms. The van der Waals surface area contributed by atoms with Gasteiger partial charge in [0.05, 0.1) is 0 Å². The lowest BCUT2D eigenvalue weighted by Crippen LogP contribution is -1.96. The number of unbranched alkanes of at least 4 members (excludes halogenated alkanes) is 1. The maximum atomic E-state index is 2.38. The minimum Gasteiger partial charge on any atom is -0.250 e. The Morgan fingerprint density at radius 1 is 1.12 bits per heavy atom. The second-order valence-corrected chi connectivity index (χ2v) is 7.74. The molecule has 1 heteroatoms. The molecular formula is C7H18S. The van der Waals surface area contributed by atoms with Gasteiger partial charge in [0.2, 0.25) is 0 Å². The minimum atomic E-state index is -0.186. The molecule has 0 aromatic heterocycles. The number of hydrogen-bond acceptors (Lipinski definition) is 0. The first-order chi connectivity index (χ1) is 3.56. The fourth-order valence-electron chi connectivity index (χ4n) is 0.577. The van der Waals surface area contributed by atoms with Crippen molar-refractivity contribution in [1.29, 1.82) is 0 Å². The van der Waals surface area contributed by atoms with E-state index in [9.17, 15) is 0 Å². The van der Waals surface area contributed by atoms with E-state index in [0.29, 0.717) is 0 Å². The molecule has 52 valence electrons. The van der Waals surface area contributed by atoms with Crippen molar-refractivity contribution in [2.75, 3.05) is 24.5 Å². The van der Waals surface area contributed by atoms with Crippen LogP contribution in [0.15, 0.2) is 0 Å². The average Bonchev–Trinajstić information content (AvgIpc) is 1.59. The zero-order valence-corrected chi connectivity index (χ0v) is 7.35. The van der Waals surface area contributed by atoms with Crippen LogP contribution in [0.5, 0.6) is 0 Å². The van der Waals surface area contributed by atoms with Gasteiger partial charge in [-0.3, -0.25) is 0 Å². The van der Waals surface area contributed by atoms with Crippen molar-refractivity contribution < 1.29 is 0 Å². The Labute approximate surface area is 55.0 Å². The van der Waals surface area contributed by atoms with Gasteiger partial charge in [-0.1, -0.05) is 13.3 Å². The molecule has 0 radical (unpaired) electrons. The Balaban J connectivity index is 3.11. The maximum Gasteiger partial charge on any atom is -0.0235 e. The predicted octanol–water partition coefficient (Wildman–Crippen LogP) is 2.48. The van der Waals surface area contributed by atoms with E-state index in [2.05, 4.69) is 25.7 Å². The molecule has 0 N–H and O–H groups in total. The van der Waals surface area contributed by atoms with Crippen LogP contribution in [0.25, 0.3) is 0 Å². The molecule has 0 aromatic carbocycles. The molecule has 0 aromatic rings. The topological polar surface area (TPSA) is 0 Å². The summed E-state index contributed by atoms with van der Waals surface area (Å²) in [6, 6.07) is 0. The molecule has 0 saturated carbocycles. The first-order valence-corrected chi connectivity index (χ1v) is 6.25. The summed E-state index contributed by atoms with van der Waals surface area (Å²) in [6.45, 7) is 2.26. The van der Waals surface area contributed by atoms with E-state index in [1.165, 1.54) is 18.6 Å². The third kappa shape index (κ3) is 6.35. The lowest BCUT2D eigenvalue weighted by atomic mass is 10.4. The van der Waals surface area contributed by atoms with E-state index < -0.39 is 0 Å². The second-order valence-electron chi connectivity index (χ2n) is 3.15. The van der Waals surface area contributed by atoms with Gasteiger partial charge in [-0.2, -0.15) is 0 Å². The maximum absolute atomic E-state index is 2.38. The molecule has 0 heterocycles. The molecule has 0 rings (SSSR count). The van der Waals surface area contributed by atoms with Gasteiger partial charge in [0.25, 0.3) is 0 Å². The highest BCUT2D eigenvalue weighted by Gasteiger charge is 2.00. The quantitative estimate of drug-likeness (QED) is 0.556. The van der Waals surface area contributed by atoms with Crippen LogP contribution in [0.3, 0.4) is 0 Å². The zero-order valence-electron chi connectivity index (χ0n) is 6.53. The van der Waals surface area contributed by atoms with Crippen LogP contribution in [0.4, 0.5) is 0 Å². The minimum absolute atomic E-state index is 0.186. The molecule has 0 bridgehead atoms. The van der Waals surface area contributed by atoms with Crippen molar-refractivity contribution in [1.82, 2.24) is 0 Å². The van der Waals surface area contributed by atoms with Crippen molar-refractivity contribution in [2.45, 2.75) is 19.8 Å². The van der Waals surface area contributed by atoms with E-state index in [4.69, 9.17) is 0 Å². The first-order valence-electron chi connectivity index (χ1n) is 3.22. The van der Waals surface area contributed by atoms with Crippen LogP contribution in [-0.2, 0) is 0 Å². The molecule has 8 heavy (non-hydrogen) atoms. The largest absolute Gasteiger partial charge is 0.250 e. The summed E-state index contributed by atoms with van der Waals surface area (Å²) in [5.41, 5.74) is 0. The summed E-state index contributed by atoms with van der Waals surface area (Å²) in [5, 5.41) is 0.